The Kier molecular flexibility index (Phi) is 2.98. The molecule has 0 radical (unpaired) electrons. The maximum atomic E-state index is 10.8. The number of H-pyrrole nitrogens is 1. The van der Waals surface area contributed by atoms with Crippen LogP contribution in [0, 0.1) is 0 Å². The molecule has 0 aliphatic rings. The molecule has 0 unspecified atom stereocenters. The molecule has 0 spiro atoms. The highest BCUT2D eigenvalue weighted by Gasteiger charge is 2.14. The molecular formula is C8H11N3O3. The molecule has 76 valence electrons. The normalized spacial score (nSPS) is 12.4. The summed E-state index contributed by atoms with van der Waals surface area (Å²) in [6.45, 7) is 1.37. The van der Waals surface area contributed by atoms with Crippen molar-refractivity contribution >= 4 is 11.8 Å². The van der Waals surface area contributed by atoms with Gasteiger partial charge in [0.05, 0.1) is 0 Å². The molecule has 0 saturated carbocycles. The fraction of sp³-hybridized carbons (Fsp3) is 0.375. The van der Waals surface area contributed by atoms with Gasteiger partial charge in [-0.3, -0.25) is 9.59 Å². The lowest BCUT2D eigenvalue weighted by molar-refractivity contribution is -0.138. The summed E-state index contributed by atoms with van der Waals surface area (Å²) in [5, 5.41) is 8.53. The Balaban J connectivity index is 2.69. The van der Waals surface area contributed by atoms with Crippen LogP contribution in [0.25, 0.3) is 0 Å². The molecule has 0 aliphatic heterocycles. The van der Waals surface area contributed by atoms with Gasteiger partial charge in [-0.15, -0.1) is 0 Å². The highest BCUT2D eigenvalue weighted by molar-refractivity contribution is 5.90. The summed E-state index contributed by atoms with van der Waals surface area (Å²) in [6, 6.07) is -0.977. The number of carboxylic acid groups (broad SMARTS) is 1. The van der Waals surface area contributed by atoms with Crippen LogP contribution in [0.5, 0.6) is 0 Å². The van der Waals surface area contributed by atoms with Crippen molar-refractivity contribution in [2.24, 2.45) is 5.73 Å². The van der Waals surface area contributed by atoms with Gasteiger partial charge >= 0.3 is 5.97 Å². The topological polar surface area (TPSA) is 109 Å². The minimum Gasteiger partial charge on any atom is -0.480 e. The number of imidazole rings is 1. The highest BCUT2D eigenvalue weighted by atomic mass is 16.4. The molecule has 1 aromatic heterocycles. The second-order valence-corrected chi connectivity index (χ2v) is 2.96. The summed E-state index contributed by atoms with van der Waals surface area (Å²) < 4.78 is 0. The Morgan fingerprint density at radius 2 is 2.36 bits per heavy atom. The van der Waals surface area contributed by atoms with Crippen LogP contribution in [-0.2, 0) is 11.2 Å². The van der Waals surface area contributed by atoms with Crippen molar-refractivity contribution in [3.8, 4) is 0 Å². The number of carboxylic acids is 1. The van der Waals surface area contributed by atoms with Crippen molar-refractivity contribution in [3.05, 3.63) is 17.7 Å². The minimum absolute atomic E-state index is 0.135. The summed E-state index contributed by atoms with van der Waals surface area (Å²) in [5.74, 6) is -1.05. The predicted molar refractivity (Wildman–Crippen MR) is 47.9 cm³/mol. The van der Waals surface area contributed by atoms with E-state index in [1.54, 1.807) is 0 Å². The third kappa shape index (κ3) is 2.40. The van der Waals surface area contributed by atoms with E-state index in [9.17, 15) is 9.59 Å². The first-order valence-corrected chi connectivity index (χ1v) is 4.04. The van der Waals surface area contributed by atoms with Crippen molar-refractivity contribution in [1.82, 2.24) is 9.97 Å². The summed E-state index contributed by atoms with van der Waals surface area (Å²) in [5.41, 5.74) is 5.85. The SMILES string of the molecule is CC(=O)c1ncc(C[C@H](N)C(=O)O)[nH]1. The number of nitrogens with one attached hydrogen (secondary N) is 1. The van der Waals surface area contributed by atoms with Crippen molar-refractivity contribution in [3.63, 3.8) is 0 Å². The van der Waals surface area contributed by atoms with Gasteiger partial charge in [-0.1, -0.05) is 0 Å². The monoisotopic (exact) mass is 197 g/mol. The van der Waals surface area contributed by atoms with Gasteiger partial charge in [-0.2, -0.15) is 0 Å². The number of ketones is 1. The van der Waals surface area contributed by atoms with Crippen molar-refractivity contribution < 1.29 is 14.7 Å². The average molecular weight is 197 g/mol. The quantitative estimate of drug-likeness (QED) is 0.567. The van der Waals surface area contributed by atoms with Gasteiger partial charge in [0, 0.05) is 25.2 Å². The van der Waals surface area contributed by atoms with E-state index in [1.807, 2.05) is 0 Å². The van der Waals surface area contributed by atoms with Gasteiger partial charge in [-0.05, 0) is 0 Å². The Morgan fingerprint density at radius 1 is 1.71 bits per heavy atom. The molecule has 14 heavy (non-hydrogen) atoms. The van der Waals surface area contributed by atoms with Gasteiger partial charge in [-0.25, -0.2) is 4.98 Å². The van der Waals surface area contributed by atoms with Gasteiger partial charge in [0.25, 0.3) is 0 Å². The number of carbonyl (C=O) groups excluding carboxylic acids is 1. The van der Waals surface area contributed by atoms with Gasteiger partial charge < -0.3 is 15.8 Å². The average Bonchev–Trinajstić information content (AvgIpc) is 2.52. The summed E-state index contributed by atoms with van der Waals surface area (Å²) in [4.78, 5) is 27.7. The molecule has 1 aromatic rings. The molecular weight excluding hydrogens is 186 g/mol. The zero-order chi connectivity index (χ0) is 10.7. The minimum atomic E-state index is -1.08. The first-order valence-electron chi connectivity index (χ1n) is 4.04. The number of nitrogens with zero attached hydrogens (tertiary/aromatic N) is 1. The number of nitrogens with two attached hydrogens (primary N) is 1. The Hall–Kier alpha value is -1.69. The number of carbonyl (C=O) groups is 2. The van der Waals surface area contributed by atoms with Crippen LogP contribution in [0.4, 0.5) is 0 Å². The fourth-order valence-corrected chi connectivity index (χ4v) is 0.966. The molecule has 1 rings (SSSR count). The third-order valence-corrected chi connectivity index (χ3v) is 1.72. The number of aliphatic carboxylic acids is 1. The van der Waals surface area contributed by atoms with E-state index in [4.69, 9.17) is 10.8 Å². The molecule has 6 nitrogen and oxygen atoms in total. The van der Waals surface area contributed by atoms with E-state index in [0.717, 1.165) is 0 Å². The highest BCUT2D eigenvalue weighted by Crippen LogP contribution is 2.01. The molecule has 1 atom stereocenters. The van der Waals surface area contributed by atoms with Crippen LogP contribution in [0.3, 0.4) is 0 Å². The summed E-state index contributed by atoms with van der Waals surface area (Å²) in [6.07, 6.45) is 1.55. The molecule has 0 saturated heterocycles. The Labute approximate surface area is 80.1 Å². The van der Waals surface area contributed by atoms with E-state index >= 15 is 0 Å². The largest absolute Gasteiger partial charge is 0.480 e. The van der Waals surface area contributed by atoms with Crippen molar-refractivity contribution in [2.75, 3.05) is 0 Å². The number of Topliss-reactive ketones (excluding diaryl/α,β-unsaturated/α-hetero) is 1. The maximum absolute atomic E-state index is 10.8. The number of hydrogen-bond acceptors (Lipinski definition) is 4. The van der Waals surface area contributed by atoms with Crippen LogP contribution in [0.1, 0.15) is 23.2 Å². The second kappa shape index (κ2) is 4.01. The van der Waals surface area contributed by atoms with Gasteiger partial charge in [0.2, 0.25) is 0 Å². The van der Waals surface area contributed by atoms with E-state index in [-0.39, 0.29) is 18.0 Å². The molecule has 1 heterocycles. The fourth-order valence-electron chi connectivity index (χ4n) is 0.966. The first-order chi connectivity index (χ1) is 6.50. The Morgan fingerprint density at radius 3 is 2.79 bits per heavy atom. The van der Waals surface area contributed by atoms with Crippen LogP contribution in [-0.4, -0.2) is 32.9 Å². The lowest BCUT2D eigenvalue weighted by atomic mass is 10.2. The lowest BCUT2D eigenvalue weighted by Crippen LogP contribution is -2.32. The number of rotatable bonds is 4. The van der Waals surface area contributed by atoms with Crippen LogP contribution >= 0.6 is 0 Å². The smallest absolute Gasteiger partial charge is 0.320 e. The van der Waals surface area contributed by atoms with Crippen molar-refractivity contribution in [2.45, 2.75) is 19.4 Å². The molecule has 4 N–H and O–H groups in total. The first kappa shape index (κ1) is 10.4. The standard InChI is InChI=1S/C8H11N3O3/c1-4(12)7-10-3-5(11-7)2-6(9)8(13)14/h3,6H,2,9H2,1H3,(H,10,11)(H,13,14)/t6-/m0/s1. The Bertz CT molecular complexity index is 358. The molecule has 0 fully saturated rings. The molecule has 0 aromatic carbocycles. The van der Waals surface area contributed by atoms with Crippen LogP contribution in [0.15, 0.2) is 6.20 Å². The third-order valence-electron chi connectivity index (χ3n) is 1.72. The lowest BCUT2D eigenvalue weighted by Gasteiger charge is -2.02. The zero-order valence-corrected chi connectivity index (χ0v) is 7.65. The summed E-state index contributed by atoms with van der Waals surface area (Å²) >= 11 is 0. The van der Waals surface area contributed by atoms with E-state index in [2.05, 4.69) is 9.97 Å². The van der Waals surface area contributed by atoms with Gasteiger partial charge in [0.1, 0.15) is 6.04 Å². The van der Waals surface area contributed by atoms with E-state index < -0.39 is 12.0 Å². The summed E-state index contributed by atoms with van der Waals surface area (Å²) in [7, 11) is 0. The number of aromatic nitrogens is 2. The van der Waals surface area contributed by atoms with Crippen LogP contribution < -0.4 is 5.73 Å². The molecule has 0 bridgehead atoms. The number of aromatic amines is 1. The maximum Gasteiger partial charge on any atom is 0.320 e. The molecule has 6 heteroatoms. The molecule has 0 aliphatic carbocycles. The second-order valence-electron chi connectivity index (χ2n) is 2.96. The number of hydrogen-bond donors (Lipinski definition) is 3. The zero-order valence-electron chi connectivity index (χ0n) is 7.65. The predicted octanol–water partition coefficient (Wildman–Crippen LogP) is -0.433. The molecule has 0 amide bonds. The van der Waals surface area contributed by atoms with E-state index in [0.29, 0.717) is 5.69 Å². The van der Waals surface area contributed by atoms with Gasteiger partial charge in [0.15, 0.2) is 11.6 Å². The van der Waals surface area contributed by atoms with E-state index in [1.165, 1.54) is 13.1 Å². The van der Waals surface area contributed by atoms with Crippen LogP contribution in [0.2, 0.25) is 0 Å². The van der Waals surface area contributed by atoms with Crippen molar-refractivity contribution in [1.29, 1.82) is 0 Å².